The first-order valence-corrected chi connectivity index (χ1v) is 7.18. The molecule has 0 radical (unpaired) electrons. The highest BCUT2D eigenvalue weighted by Crippen LogP contribution is 2.19. The molecule has 0 unspecified atom stereocenters. The second-order valence-corrected chi connectivity index (χ2v) is 4.91. The molecule has 25 heavy (non-hydrogen) atoms. The molecule has 0 aliphatic rings. The molecule has 0 aliphatic carbocycles. The summed E-state index contributed by atoms with van der Waals surface area (Å²) in [4.78, 5) is 16.5. The predicted molar refractivity (Wildman–Crippen MR) is 89.7 cm³/mol. The Morgan fingerprint density at radius 3 is 2.48 bits per heavy atom. The Balaban J connectivity index is 1.97. The van der Waals surface area contributed by atoms with Crippen LogP contribution in [0.15, 0.2) is 36.4 Å². The minimum Gasteiger partial charge on any atom is -0.368 e. The molecule has 0 fully saturated rings. The fourth-order valence-electron chi connectivity index (χ4n) is 2.07. The number of nitrogens with two attached hydrogens (primary N) is 1. The lowest BCUT2D eigenvalue weighted by Crippen LogP contribution is -2.06. The van der Waals surface area contributed by atoms with Crippen LogP contribution in [-0.4, -0.2) is 19.9 Å². The summed E-state index contributed by atoms with van der Waals surface area (Å²) >= 11 is 0. The van der Waals surface area contributed by atoms with Gasteiger partial charge in [0.2, 0.25) is 11.9 Å². The first-order chi connectivity index (χ1) is 12.0. The van der Waals surface area contributed by atoms with Crippen LogP contribution in [0.1, 0.15) is 12.6 Å². The summed E-state index contributed by atoms with van der Waals surface area (Å²) in [6.45, 7) is 1.70. The Hall–Kier alpha value is -3.60. The molecule has 124 valence electrons. The summed E-state index contributed by atoms with van der Waals surface area (Å²) in [5.74, 6) is 4.34. The van der Waals surface area contributed by atoms with Gasteiger partial charge in [-0.3, -0.25) is 0 Å². The fraction of sp³-hybridized carbons (Fsp3) is 0.0588. The number of nitrogens with zero attached hydrogens (tertiary/aromatic N) is 4. The summed E-state index contributed by atoms with van der Waals surface area (Å²) < 4.78 is 26.6. The van der Waals surface area contributed by atoms with Gasteiger partial charge >= 0.3 is 0 Å². The Labute approximate surface area is 142 Å². The molecular weight excluding hydrogens is 326 g/mol. The molecule has 3 N–H and O–H groups in total. The summed E-state index contributed by atoms with van der Waals surface area (Å²) in [5.41, 5.74) is 6.85. The number of nitrogen functional groups attached to an aromatic ring is 1. The van der Waals surface area contributed by atoms with E-state index in [1.807, 2.05) is 0 Å². The van der Waals surface area contributed by atoms with Crippen LogP contribution in [0.4, 0.5) is 26.4 Å². The smallest absolute Gasteiger partial charge is 0.232 e. The predicted octanol–water partition coefficient (Wildman–Crippen LogP) is 2.91. The molecule has 2 heterocycles. The van der Waals surface area contributed by atoms with Gasteiger partial charge in [0.25, 0.3) is 0 Å². The van der Waals surface area contributed by atoms with Crippen LogP contribution >= 0.6 is 0 Å². The largest absolute Gasteiger partial charge is 0.368 e. The van der Waals surface area contributed by atoms with Gasteiger partial charge in [-0.25, -0.2) is 13.8 Å². The van der Waals surface area contributed by atoms with Crippen molar-refractivity contribution in [2.24, 2.45) is 0 Å². The number of anilines is 3. The number of aromatic nitrogens is 4. The Morgan fingerprint density at radius 1 is 1.00 bits per heavy atom. The van der Waals surface area contributed by atoms with E-state index in [1.165, 1.54) is 0 Å². The van der Waals surface area contributed by atoms with Gasteiger partial charge < -0.3 is 11.1 Å². The minimum atomic E-state index is -0.725. The zero-order chi connectivity index (χ0) is 17.8. The van der Waals surface area contributed by atoms with Crippen molar-refractivity contribution in [3.8, 4) is 23.4 Å². The van der Waals surface area contributed by atoms with Crippen molar-refractivity contribution in [3.63, 3.8) is 0 Å². The lowest BCUT2D eigenvalue weighted by atomic mass is 10.3. The zero-order valence-corrected chi connectivity index (χ0v) is 13.1. The van der Waals surface area contributed by atoms with Gasteiger partial charge in [-0.05, 0) is 37.1 Å². The van der Waals surface area contributed by atoms with Crippen LogP contribution in [0.2, 0.25) is 0 Å². The summed E-state index contributed by atoms with van der Waals surface area (Å²) in [6.07, 6.45) is 0. The van der Waals surface area contributed by atoms with E-state index in [1.54, 1.807) is 25.1 Å². The van der Waals surface area contributed by atoms with Crippen LogP contribution in [0.3, 0.4) is 0 Å². The molecule has 6 nitrogen and oxygen atoms in total. The summed E-state index contributed by atoms with van der Waals surface area (Å²) in [7, 11) is 0. The minimum absolute atomic E-state index is 0.0429. The molecule has 0 atom stereocenters. The van der Waals surface area contributed by atoms with Crippen molar-refractivity contribution in [1.29, 1.82) is 0 Å². The lowest BCUT2D eigenvalue weighted by molar-refractivity contribution is 0.584. The molecule has 3 rings (SSSR count). The van der Waals surface area contributed by atoms with Gasteiger partial charge in [0, 0.05) is 11.8 Å². The number of hydrogen-bond donors (Lipinski definition) is 2. The van der Waals surface area contributed by atoms with Gasteiger partial charge in [-0.15, -0.1) is 0 Å². The van der Waals surface area contributed by atoms with E-state index in [2.05, 4.69) is 37.1 Å². The lowest BCUT2D eigenvalue weighted by Gasteiger charge is -2.07. The van der Waals surface area contributed by atoms with Crippen molar-refractivity contribution >= 4 is 17.6 Å². The van der Waals surface area contributed by atoms with E-state index in [9.17, 15) is 8.78 Å². The highest BCUT2D eigenvalue weighted by Gasteiger charge is 2.10. The Bertz CT molecular complexity index is 974. The van der Waals surface area contributed by atoms with Crippen molar-refractivity contribution in [2.75, 3.05) is 11.1 Å². The van der Waals surface area contributed by atoms with Gasteiger partial charge in [0.15, 0.2) is 5.82 Å². The third kappa shape index (κ3) is 4.03. The van der Waals surface area contributed by atoms with E-state index < -0.39 is 11.6 Å². The van der Waals surface area contributed by atoms with Crippen molar-refractivity contribution < 1.29 is 8.78 Å². The second-order valence-electron chi connectivity index (χ2n) is 4.91. The molecule has 1 aromatic carbocycles. The molecule has 0 amide bonds. The van der Waals surface area contributed by atoms with Crippen LogP contribution < -0.4 is 11.1 Å². The molecule has 0 spiro atoms. The first kappa shape index (κ1) is 16.3. The van der Waals surface area contributed by atoms with E-state index in [4.69, 9.17) is 5.73 Å². The van der Waals surface area contributed by atoms with Gasteiger partial charge in [-0.2, -0.15) is 15.0 Å². The zero-order valence-electron chi connectivity index (χ0n) is 13.1. The first-order valence-electron chi connectivity index (χ1n) is 7.18. The van der Waals surface area contributed by atoms with Crippen LogP contribution in [0.5, 0.6) is 0 Å². The molecule has 0 saturated carbocycles. The standard InChI is InChI=1S/C17H12F2N6/c1-2-4-12-5-3-6-14(21-12)15-23-16(20)25-17(24-15)22-13-8-10(18)7-11(19)9-13/h3,5-9H,1H3,(H3,20,22,23,24,25). The maximum atomic E-state index is 13.3. The third-order valence-electron chi connectivity index (χ3n) is 3.00. The molecule has 0 saturated heterocycles. The van der Waals surface area contributed by atoms with Gasteiger partial charge in [0.05, 0.1) is 0 Å². The van der Waals surface area contributed by atoms with E-state index in [0.717, 1.165) is 18.2 Å². The van der Waals surface area contributed by atoms with Gasteiger partial charge in [0.1, 0.15) is 23.0 Å². The molecule has 0 aliphatic heterocycles. The molecule has 3 aromatic rings. The van der Waals surface area contributed by atoms with E-state index >= 15 is 0 Å². The number of hydrogen-bond acceptors (Lipinski definition) is 6. The highest BCUT2D eigenvalue weighted by molar-refractivity contribution is 5.58. The molecule has 0 bridgehead atoms. The molecule has 2 aromatic heterocycles. The van der Waals surface area contributed by atoms with Crippen LogP contribution in [0.25, 0.3) is 11.5 Å². The highest BCUT2D eigenvalue weighted by atomic mass is 19.1. The van der Waals surface area contributed by atoms with Crippen LogP contribution in [0, 0.1) is 23.5 Å². The summed E-state index contributed by atoms with van der Waals surface area (Å²) in [5, 5.41) is 2.70. The van der Waals surface area contributed by atoms with Crippen molar-refractivity contribution in [3.05, 3.63) is 53.7 Å². The normalized spacial score (nSPS) is 10.0. The number of halogens is 2. The number of nitrogens with one attached hydrogen (secondary N) is 1. The van der Waals surface area contributed by atoms with Gasteiger partial charge in [-0.1, -0.05) is 12.0 Å². The van der Waals surface area contributed by atoms with E-state index in [0.29, 0.717) is 11.4 Å². The summed E-state index contributed by atoms with van der Waals surface area (Å²) in [6, 6.07) is 8.19. The Morgan fingerprint density at radius 2 is 1.76 bits per heavy atom. The quantitative estimate of drug-likeness (QED) is 0.714. The van der Waals surface area contributed by atoms with E-state index in [-0.39, 0.29) is 23.4 Å². The average molecular weight is 338 g/mol. The Kier molecular flexibility index (Phi) is 4.48. The maximum Gasteiger partial charge on any atom is 0.232 e. The van der Waals surface area contributed by atoms with Crippen molar-refractivity contribution in [1.82, 2.24) is 19.9 Å². The molecule has 8 heteroatoms. The number of pyridine rings is 1. The second kappa shape index (κ2) is 6.88. The SMILES string of the molecule is CC#Cc1cccc(-c2nc(N)nc(Nc3cc(F)cc(F)c3)n2)n1. The fourth-order valence-corrected chi connectivity index (χ4v) is 2.07. The average Bonchev–Trinajstić information content (AvgIpc) is 2.54. The molecular formula is C17H12F2N6. The maximum absolute atomic E-state index is 13.3. The monoisotopic (exact) mass is 338 g/mol. The number of benzene rings is 1. The van der Waals surface area contributed by atoms with Crippen molar-refractivity contribution in [2.45, 2.75) is 6.92 Å². The van der Waals surface area contributed by atoms with Crippen LogP contribution in [-0.2, 0) is 0 Å². The topological polar surface area (TPSA) is 89.6 Å². The third-order valence-corrected chi connectivity index (χ3v) is 3.00. The number of rotatable bonds is 3.